The largest absolute Gasteiger partial charge is 0.381 e. The topological polar surface area (TPSA) is 121 Å². The summed E-state index contributed by atoms with van der Waals surface area (Å²) in [5.41, 5.74) is 4.21. The number of nitrogens with one attached hydrogen (secondary N) is 1. The van der Waals surface area contributed by atoms with Gasteiger partial charge in [-0.3, -0.25) is 19.3 Å². The molecule has 3 aliphatic heterocycles. The van der Waals surface area contributed by atoms with Crippen LogP contribution >= 0.6 is 0 Å². The predicted molar refractivity (Wildman–Crippen MR) is 157 cm³/mol. The Kier molecular flexibility index (Phi) is 6.37. The lowest BCUT2D eigenvalue weighted by atomic mass is 9.82. The second-order valence-corrected chi connectivity index (χ2v) is 13.3. The summed E-state index contributed by atoms with van der Waals surface area (Å²) in [6.45, 7) is 3.52. The maximum Gasteiger partial charge on any atom is 0.276 e. The third-order valence-electron chi connectivity index (χ3n) is 10.7. The highest BCUT2D eigenvalue weighted by Gasteiger charge is 2.57. The number of aromatic nitrogens is 2. The summed E-state index contributed by atoms with van der Waals surface area (Å²) in [6.07, 6.45) is 8.09. The molecular formula is C33H38N6O4. The van der Waals surface area contributed by atoms with Gasteiger partial charge in [-0.15, -0.1) is 0 Å². The molecule has 6 aliphatic rings. The lowest BCUT2D eigenvalue weighted by molar-refractivity contribution is -0.121. The molecule has 1 aromatic carbocycles. The van der Waals surface area contributed by atoms with Crippen molar-refractivity contribution in [2.75, 3.05) is 24.7 Å². The van der Waals surface area contributed by atoms with Gasteiger partial charge in [0.05, 0.1) is 12.1 Å². The number of hydrogen-bond acceptors (Lipinski definition) is 6. The highest BCUT2D eigenvalue weighted by Crippen LogP contribution is 2.53. The number of aryl methyl sites for hydroxylation is 2. The van der Waals surface area contributed by atoms with Crippen LogP contribution in [0.1, 0.15) is 101 Å². The van der Waals surface area contributed by atoms with E-state index in [4.69, 9.17) is 9.84 Å². The van der Waals surface area contributed by atoms with Crippen molar-refractivity contribution in [2.24, 2.45) is 11.8 Å². The summed E-state index contributed by atoms with van der Waals surface area (Å²) in [6, 6.07) is 7.06. The van der Waals surface area contributed by atoms with Crippen LogP contribution < -0.4 is 10.2 Å². The molecule has 1 aromatic heterocycles. The Morgan fingerprint density at radius 2 is 1.88 bits per heavy atom. The van der Waals surface area contributed by atoms with Gasteiger partial charge in [-0.1, -0.05) is 6.07 Å². The smallest absolute Gasteiger partial charge is 0.276 e. The van der Waals surface area contributed by atoms with Crippen molar-refractivity contribution in [3.63, 3.8) is 0 Å². The fourth-order valence-electron chi connectivity index (χ4n) is 8.29. The molecule has 2 aromatic rings. The number of rotatable bonds is 6. The Morgan fingerprint density at radius 1 is 1.09 bits per heavy atom. The number of anilines is 1. The van der Waals surface area contributed by atoms with Gasteiger partial charge in [-0.2, -0.15) is 10.4 Å². The fourth-order valence-corrected chi connectivity index (χ4v) is 8.29. The average molecular weight is 583 g/mol. The molecule has 43 heavy (non-hydrogen) atoms. The number of nitriles is 1. The van der Waals surface area contributed by atoms with Crippen LogP contribution in [0.25, 0.3) is 0 Å². The van der Waals surface area contributed by atoms with Gasteiger partial charge in [0.1, 0.15) is 17.9 Å². The van der Waals surface area contributed by atoms with Crippen molar-refractivity contribution in [2.45, 2.75) is 94.8 Å². The van der Waals surface area contributed by atoms with Crippen LogP contribution in [0.15, 0.2) is 18.2 Å². The second kappa shape index (κ2) is 10.2. The van der Waals surface area contributed by atoms with Crippen LogP contribution in [0.4, 0.5) is 5.82 Å². The Balaban J connectivity index is 1.23. The quantitative estimate of drug-likeness (QED) is 0.557. The molecule has 3 aliphatic carbocycles. The van der Waals surface area contributed by atoms with Gasteiger partial charge in [-0.05, 0) is 99.8 Å². The van der Waals surface area contributed by atoms with E-state index in [-0.39, 0.29) is 41.6 Å². The van der Waals surface area contributed by atoms with E-state index in [2.05, 4.69) is 11.4 Å². The molecule has 8 rings (SSSR count). The minimum Gasteiger partial charge on any atom is -0.381 e. The van der Waals surface area contributed by atoms with E-state index in [0.717, 1.165) is 56.9 Å². The summed E-state index contributed by atoms with van der Waals surface area (Å²) < 4.78 is 7.56. The van der Waals surface area contributed by atoms with Gasteiger partial charge >= 0.3 is 0 Å². The van der Waals surface area contributed by atoms with E-state index in [1.54, 1.807) is 9.80 Å². The van der Waals surface area contributed by atoms with Crippen LogP contribution in [-0.4, -0.2) is 70.3 Å². The summed E-state index contributed by atoms with van der Waals surface area (Å²) in [5.74, 6) is 0.287. The number of nitrogens with zero attached hydrogens (tertiary/aromatic N) is 5. The zero-order chi connectivity index (χ0) is 29.4. The normalized spacial score (nSPS) is 29.6. The van der Waals surface area contributed by atoms with Gasteiger partial charge in [0, 0.05) is 42.8 Å². The monoisotopic (exact) mass is 582 g/mol. The lowest BCUT2D eigenvalue weighted by Gasteiger charge is -2.39. The number of piperidine rings is 1. The van der Waals surface area contributed by atoms with Crippen molar-refractivity contribution in [1.29, 1.82) is 5.26 Å². The minimum absolute atomic E-state index is 0.00215. The van der Waals surface area contributed by atoms with Gasteiger partial charge in [0.2, 0.25) is 0 Å². The number of likely N-dealkylation sites (tertiary alicyclic amines) is 1. The molecule has 3 amide bonds. The first-order chi connectivity index (χ1) is 21.0. The van der Waals surface area contributed by atoms with E-state index >= 15 is 0 Å². The van der Waals surface area contributed by atoms with Crippen LogP contribution in [0.2, 0.25) is 0 Å². The lowest BCUT2D eigenvalue weighted by Crippen LogP contribution is -2.56. The van der Waals surface area contributed by atoms with E-state index in [1.807, 2.05) is 29.8 Å². The molecule has 0 bridgehead atoms. The number of amides is 3. The number of hydrogen-bond donors (Lipinski definition) is 1. The van der Waals surface area contributed by atoms with Crippen molar-refractivity contribution in [3.05, 3.63) is 46.1 Å². The SMILES string of the molecule is CCN1C(=O)[C@@H](NC(=O)c2ccc3c(c2)CCC3)[C@@H](C2CC2)c2c(C(=O)N3[C@H](C#N)C[C@H]4C[C@H]43)nn(C3CCOCC3)c21. The fraction of sp³-hybridized carbons (Fsp3) is 0.606. The van der Waals surface area contributed by atoms with E-state index in [1.165, 1.54) is 11.1 Å². The molecule has 10 heteroatoms. The zero-order valence-corrected chi connectivity index (χ0v) is 24.6. The Labute approximate surface area is 251 Å². The Hall–Kier alpha value is -3.71. The molecule has 4 heterocycles. The number of carbonyl (C=O) groups is 3. The van der Waals surface area contributed by atoms with Crippen LogP contribution in [0.3, 0.4) is 0 Å². The number of carbonyl (C=O) groups excluding carboxylic acids is 3. The minimum atomic E-state index is -0.793. The molecule has 1 N–H and O–H groups in total. The first-order valence-corrected chi connectivity index (χ1v) is 16.1. The molecule has 2 saturated heterocycles. The van der Waals surface area contributed by atoms with Crippen molar-refractivity contribution >= 4 is 23.5 Å². The van der Waals surface area contributed by atoms with Gasteiger partial charge in [0.25, 0.3) is 17.7 Å². The molecule has 0 spiro atoms. The second-order valence-electron chi connectivity index (χ2n) is 13.3. The number of ether oxygens (including phenoxy) is 1. The highest BCUT2D eigenvalue weighted by atomic mass is 16.5. The first-order valence-electron chi connectivity index (χ1n) is 16.1. The van der Waals surface area contributed by atoms with E-state index in [0.29, 0.717) is 49.2 Å². The van der Waals surface area contributed by atoms with E-state index < -0.39 is 12.1 Å². The molecule has 5 atom stereocenters. The number of likely N-dealkylation sites (N-methyl/N-ethyl adjacent to an activating group) is 1. The molecular weight excluding hydrogens is 544 g/mol. The summed E-state index contributed by atoms with van der Waals surface area (Å²) in [4.78, 5) is 46.0. The molecule has 10 nitrogen and oxygen atoms in total. The van der Waals surface area contributed by atoms with E-state index in [9.17, 15) is 19.6 Å². The van der Waals surface area contributed by atoms with Crippen LogP contribution in [0.5, 0.6) is 0 Å². The standard InChI is InChI=1S/C33H38N6O4/c1-2-37-31-27(26(19-7-8-19)28(32(37)41)35-30(40)21-9-6-18-4-3-5-20(18)14-21)29(36-39(31)23-10-12-43-13-11-23)33(42)38-24(17-34)15-22-16-25(22)38/h6,9,14,19,22-26,28H,2-5,7-8,10-13,15-16H2,1H3,(H,35,40)/t22-,24-,25+,26-,28-/m0/s1. The van der Waals surface area contributed by atoms with Gasteiger partial charge in [0.15, 0.2) is 5.69 Å². The third kappa shape index (κ3) is 4.30. The average Bonchev–Trinajstić information content (AvgIpc) is 3.88. The first kappa shape index (κ1) is 26.9. The van der Waals surface area contributed by atoms with Crippen LogP contribution in [-0.2, 0) is 22.4 Å². The van der Waals surface area contributed by atoms with Gasteiger partial charge in [-0.25, -0.2) is 4.68 Å². The number of fused-ring (bicyclic) bond motifs is 3. The maximum atomic E-state index is 14.4. The molecule has 0 radical (unpaired) electrons. The molecule has 4 fully saturated rings. The van der Waals surface area contributed by atoms with Gasteiger partial charge < -0.3 is 15.0 Å². The summed E-state index contributed by atoms with van der Waals surface area (Å²) in [7, 11) is 0. The van der Waals surface area contributed by atoms with Crippen LogP contribution in [0, 0.1) is 23.2 Å². The summed E-state index contributed by atoms with van der Waals surface area (Å²) in [5, 5.41) is 18.1. The Bertz CT molecular complexity index is 1550. The predicted octanol–water partition coefficient (Wildman–Crippen LogP) is 3.51. The highest BCUT2D eigenvalue weighted by molar-refractivity contribution is 6.07. The summed E-state index contributed by atoms with van der Waals surface area (Å²) >= 11 is 0. The maximum absolute atomic E-state index is 14.4. The Morgan fingerprint density at radius 3 is 2.63 bits per heavy atom. The molecule has 2 saturated carbocycles. The molecule has 0 unspecified atom stereocenters. The molecule has 224 valence electrons. The van der Waals surface area contributed by atoms with Crippen molar-refractivity contribution in [1.82, 2.24) is 20.0 Å². The third-order valence-corrected chi connectivity index (χ3v) is 10.7. The van der Waals surface area contributed by atoms with Crippen molar-refractivity contribution in [3.8, 4) is 6.07 Å². The van der Waals surface area contributed by atoms with Crippen molar-refractivity contribution < 1.29 is 19.1 Å². The number of benzene rings is 1. The zero-order valence-electron chi connectivity index (χ0n) is 24.6.